The number of hydrogen-bond donors (Lipinski definition) is 0. The molecule has 0 aromatic carbocycles. The summed E-state index contributed by atoms with van der Waals surface area (Å²) in [5.41, 5.74) is 1.96. The van der Waals surface area contributed by atoms with E-state index < -0.39 is 0 Å². The molecule has 4 aliphatic carbocycles. The van der Waals surface area contributed by atoms with E-state index in [1.54, 1.807) is 0 Å². The van der Waals surface area contributed by atoms with Crippen LogP contribution in [0.1, 0.15) is 66.7 Å². The Kier molecular flexibility index (Phi) is 5.39. The van der Waals surface area contributed by atoms with Crippen molar-refractivity contribution in [2.45, 2.75) is 78.9 Å². The molecule has 31 heavy (non-hydrogen) atoms. The van der Waals surface area contributed by atoms with Gasteiger partial charge in [0.25, 0.3) is 0 Å². The van der Waals surface area contributed by atoms with Gasteiger partial charge in [-0.15, -0.1) is 0 Å². The van der Waals surface area contributed by atoms with Crippen molar-refractivity contribution in [2.75, 3.05) is 0 Å². The highest BCUT2D eigenvalue weighted by Gasteiger charge is 2.59. The van der Waals surface area contributed by atoms with Crippen LogP contribution in [0, 0.1) is 22.7 Å². The Morgan fingerprint density at radius 2 is 1.71 bits per heavy atom. The van der Waals surface area contributed by atoms with Crippen LogP contribution >= 0.6 is 0 Å². The standard InChI is InChI=1S/C25H32O6/c1-14(26)29-18-12-17-6-7-19-20-8-9-22(30-15(2)27)24(20,4)11-10-21(19)25(17,5)23(13-18)31-16(3)28/h6,8-9,18-19,21,23H,7,10-13H2,1-5H3/t18-,19+,21+,23+,24+,25+/m1/s1. The van der Waals surface area contributed by atoms with Crippen molar-refractivity contribution in [1.82, 2.24) is 0 Å². The lowest BCUT2D eigenvalue weighted by Crippen LogP contribution is -2.55. The first-order valence-corrected chi connectivity index (χ1v) is 11.2. The van der Waals surface area contributed by atoms with E-state index in [9.17, 15) is 14.4 Å². The number of carbonyl (C=O) groups excluding carboxylic acids is 3. The minimum atomic E-state index is -0.339. The van der Waals surface area contributed by atoms with Crippen molar-refractivity contribution in [3.63, 3.8) is 0 Å². The molecule has 168 valence electrons. The van der Waals surface area contributed by atoms with Gasteiger partial charge in [0, 0.05) is 44.4 Å². The highest BCUT2D eigenvalue weighted by Crippen LogP contribution is 2.64. The molecule has 0 bridgehead atoms. The number of ether oxygens (including phenoxy) is 3. The van der Waals surface area contributed by atoms with Crippen molar-refractivity contribution < 1.29 is 28.6 Å². The first-order valence-electron chi connectivity index (χ1n) is 11.2. The molecule has 0 aliphatic heterocycles. The van der Waals surface area contributed by atoms with Gasteiger partial charge in [-0.3, -0.25) is 14.4 Å². The van der Waals surface area contributed by atoms with Crippen LogP contribution in [-0.2, 0) is 28.6 Å². The maximum atomic E-state index is 12.0. The third-order valence-electron chi connectivity index (χ3n) is 8.00. The summed E-state index contributed by atoms with van der Waals surface area (Å²) >= 11 is 0. The third kappa shape index (κ3) is 3.54. The molecule has 0 unspecified atom stereocenters. The van der Waals surface area contributed by atoms with Gasteiger partial charge in [0.05, 0.1) is 0 Å². The highest BCUT2D eigenvalue weighted by atomic mass is 16.6. The Morgan fingerprint density at radius 1 is 1.00 bits per heavy atom. The van der Waals surface area contributed by atoms with Crippen molar-refractivity contribution in [3.05, 3.63) is 35.1 Å². The molecule has 4 rings (SSSR count). The molecular weight excluding hydrogens is 396 g/mol. The van der Waals surface area contributed by atoms with Gasteiger partial charge in [0.15, 0.2) is 0 Å². The predicted octanol–water partition coefficient (Wildman–Crippen LogP) is 4.40. The maximum Gasteiger partial charge on any atom is 0.307 e. The molecular formula is C25H32O6. The van der Waals surface area contributed by atoms with E-state index in [-0.39, 0.29) is 40.9 Å². The molecule has 0 saturated heterocycles. The molecule has 0 N–H and O–H groups in total. The fourth-order valence-electron chi connectivity index (χ4n) is 6.63. The second-order valence-corrected chi connectivity index (χ2v) is 9.85. The summed E-state index contributed by atoms with van der Waals surface area (Å²) in [7, 11) is 0. The highest BCUT2D eigenvalue weighted by molar-refractivity contribution is 5.68. The van der Waals surface area contributed by atoms with E-state index in [0.717, 1.165) is 25.0 Å². The van der Waals surface area contributed by atoms with Crippen molar-refractivity contribution in [1.29, 1.82) is 0 Å². The summed E-state index contributed by atoms with van der Waals surface area (Å²) in [5, 5.41) is 0. The molecule has 4 aliphatic rings. The third-order valence-corrected chi connectivity index (χ3v) is 8.00. The van der Waals surface area contributed by atoms with Crippen LogP contribution in [-0.4, -0.2) is 30.1 Å². The van der Waals surface area contributed by atoms with E-state index in [1.807, 2.05) is 6.08 Å². The van der Waals surface area contributed by atoms with Gasteiger partial charge in [-0.25, -0.2) is 0 Å². The summed E-state index contributed by atoms with van der Waals surface area (Å²) < 4.78 is 16.9. The van der Waals surface area contributed by atoms with Gasteiger partial charge in [0.1, 0.15) is 18.0 Å². The monoisotopic (exact) mass is 428 g/mol. The average molecular weight is 429 g/mol. The van der Waals surface area contributed by atoms with Crippen LogP contribution in [0.15, 0.2) is 35.1 Å². The molecule has 6 atom stereocenters. The van der Waals surface area contributed by atoms with Gasteiger partial charge >= 0.3 is 17.9 Å². The Labute approximate surface area is 183 Å². The molecule has 0 aromatic rings. The summed E-state index contributed by atoms with van der Waals surface area (Å²) in [6.45, 7) is 8.68. The van der Waals surface area contributed by atoms with Gasteiger partial charge in [-0.1, -0.05) is 30.2 Å². The number of allylic oxidation sites excluding steroid dienone is 4. The number of esters is 3. The lowest BCUT2D eigenvalue weighted by atomic mass is 9.48. The quantitative estimate of drug-likeness (QED) is 0.377. The first-order chi connectivity index (χ1) is 14.6. The number of rotatable bonds is 3. The second-order valence-electron chi connectivity index (χ2n) is 9.85. The zero-order chi connectivity index (χ0) is 22.6. The smallest absolute Gasteiger partial charge is 0.307 e. The zero-order valence-corrected chi connectivity index (χ0v) is 19.0. The van der Waals surface area contributed by atoms with Gasteiger partial charge in [-0.2, -0.15) is 0 Å². The van der Waals surface area contributed by atoms with Crippen molar-refractivity contribution >= 4 is 17.9 Å². The molecule has 0 heterocycles. The van der Waals surface area contributed by atoms with Crippen LogP contribution in [0.3, 0.4) is 0 Å². The molecule has 0 amide bonds. The molecule has 0 aromatic heterocycles. The van der Waals surface area contributed by atoms with Crippen LogP contribution < -0.4 is 0 Å². The van der Waals surface area contributed by atoms with Crippen LogP contribution in [0.5, 0.6) is 0 Å². The van der Waals surface area contributed by atoms with E-state index in [2.05, 4.69) is 26.0 Å². The first kappa shape index (κ1) is 21.8. The minimum absolute atomic E-state index is 0.263. The topological polar surface area (TPSA) is 78.9 Å². The maximum absolute atomic E-state index is 12.0. The fraction of sp³-hybridized carbons (Fsp3) is 0.640. The fourth-order valence-corrected chi connectivity index (χ4v) is 6.63. The van der Waals surface area contributed by atoms with Crippen LogP contribution in [0.2, 0.25) is 0 Å². The van der Waals surface area contributed by atoms with Crippen molar-refractivity contribution in [2.24, 2.45) is 22.7 Å². The number of hydrogen-bond acceptors (Lipinski definition) is 6. The SMILES string of the molecule is CC(=O)OC1=CC=C2[C@@H]3CC=C4C[C@@H](OC(C)=O)C[C@H](OC(C)=O)[C@]4(C)[C@H]3CC[C@]12C. The molecule has 2 saturated carbocycles. The minimum Gasteiger partial charge on any atom is -0.462 e. The molecule has 0 radical (unpaired) electrons. The molecule has 2 fully saturated rings. The van der Waals surface area contributed by atoms with E-state index in [1.165, 1.54) is 31.9 Å². The Balaban J connectivity index is 1.67. The zero-order valence-electron chi connectivity index (χ0n) is 19.0. The lowest BCUT2D eigenvalue weighted by molar-refractivity contribution is -0.167. The van der Waals surface area contributed by atoms with Crippen molar-refractivity contribution in [3.8, 4) is 0 Å². The largest absolute Gasteiger partial charge is 0.462 e. The molecule has 0 spiro atoms. The summed E-state index contributed by atoms with van der Waals surface area (Å²) in [6.07, 6.45) is 9.65. The van der Waals surface area contributed by atoms with E-state index in [0.29, 0.717) is 24.7 Å². The Hall–Kier alpha value is -2.37. The Morgan fingerprint density at radius 3 is 2.35 bits per heavy atom. The van der Waals surface area contributed by atoms with Crippen LogP contribution in [0.4, 0.5) is 0 Å². The number of carbonyl (C=O) groups is 3. The average Bonchev–Trinajstić information content (AvgIpc) is 2.98. The van der Waals surface area contributed by atoms with Gasteiger partial charge in [-0.05, 0) is 44.1 Å². The predicted molar refractivity (Wildman–Crippen MR) is 113 cm³/mol. The second kappa shape index (κ2) is 7.64. The summed E-state index contributed by atoms with van der Waals surface area (Å²) in [5.74, 6) is 0.428. The van der Waals surface area contributed by atoms with Gasteiger partial charge < -0.3 is 14.2 Å². The summed E-state index contributed by atoms with van der Waals surface area (Å²) in [4.78, 5) is 35.2. The van der Waals surface area contributed by atoms with E-state index >= 15 is 0 Å². The summed E-state index contributed by atoms with van der Waals surface area (Å²) in [6, 6.07) is 0. The Bertz CT molecular complexity index is 911. The molecule has 6 heteroatoms. The molecule has 6 nitrogen and oxygen atoms in total. The number of fused-ring (bicyclic) bond motifs is 5. The van der Waals surface area contributed by atoms with Gasteiger partial charge in [0.2, 0.25) is 0 Å². The lowest BCUT2D eigenvalue weighted by Gasteiger charge is -2.57. The van der Waals surface area contributed by atoms with E-state index in [4.69, 9.17) is 14.2 Å². The normalized spacial score (nSPS) is 38.4. The van der Waals surface area contributed by atoms with Crippen LogP contribution in [0.25, 0.3) is 0 Å².